The summed E-state index contributed by atoms with van der Waals surface area (Å²) >= 11 is 0. The number of carbonyl (C=O) groups is 1. The summed E-state index contributed by atoms with van der Waals surface area (Å²) in [5, 5.41) is 43.4. The SMILES string of the molecule is CCCCCCCC/C=C\C/C=C\CC(O)C(=O)NC(CO)C(O)C(O)CCC/C=C/CCCCCCCCCCCCCCCCCCCC. The van der Waals surface area contributed by atoms with Crippen LogP contribution in [-0.4, -0.2) is 57.3 Å². The van der Waals surface area contributed by atoms with Gasteiger partial charge in [0, 0.05) is 6.42 Å². The highest BCUT2D eigenvalue weighted by atomic mass is 16.3. The highest BCUT2D eigenvalue weighted by molar-refractivity contribution is 5.81. The predicted octanol–water partition coefficient (Wildman–Crippen LogP) is 11.3. The van der Waals surface area contributed by atoms with Crippen molar-refractivity contribution >= 4 is 5.91 Å². The van der Waals surface area contributed by atoms with Crippen LogP contribution in [0.5, 0.6) is 0 Å². The molecule has 51 heavy (non-hydrogen) atoms. The Balaban J connectivity index is 3.79. The Hall–Kier alpha value is -1.47. The topological polar surface area (TPSA) is 110 Å². The third kappa shape index (κ3) is 34.1. The van der Waals surface area contributed by atoms with Crippen molar-refractivity contribution in [3.8, 4) is 0 Å². The summed E-state index contributed by atoms with van der Waals surface area (Å²) in [7, 11) is 0. The zero-order valence-electron chi connectivity index (χ0n) is 33.6. The number of rotatable bonds is 39. The van der Waals surface area contributed by atoms with Crippen molar-refractivity contribution in [3.63, 3.8) is 0 Å². The molecule has 1 amide bonds. The Morgan fingerprint density at radius 3 is 1.31 bits per heavy atom. The van der Waals surface area contributed by atoms with Gasteiger partial charge in [-0.1, -0.05) is 192 Å². The van der Waals surface area contributed by atoms with Gasteiger partial charge in [0.1, 0.15) is 12.2 Å². The summed E-state index contributed by atoms with van der Waals surface area (Å²) in [4.78, 5) is 12.4. The van der Waals surface area contributed by atoms with Crippen LogP contribution in [0.4, 0.5) is 0 Å². The molecule has 0 aromatic heterocycles. The fraction of sp³-hybridized carbons (Fsp3) is 0.844. The van der Waals surface area contributed by atoms with E-state index in [9.17, 15) is 25.2 Å². The second-order valence-electron chi connectivity index (χ2n) is 15.0. The van der Waals surface area contributed by atoms with Gasteiger partial charge in [0.25, 0.3) is 0 Å². The third-order valence-corrected chi connectivity index (χ3v) is 10.1. The number of hydrogen-bond acceptors (Lipinski definition) is 5. The minimum atomic E-state index is -1.30. The van der Waals surface area contributed by atoms with Gasteiger partial charge in [-0.25, -0.2) is 0 Å². The Kier molecular flexibility index (Phi) is 38.6. The van der Waals surface area contributed by atoms with Crippen LogP contribution in [0.2, 0.25) is 0 Å². The van der Waals surface area contributed by atoms with Crippen LogP contribution in [0.1, 0.15) is 213 Å². The number of amides is 1. The first-order valence-corrected chi connectivity index (χ1v) is 21.9. The third-order valence-electron chi connectivity index (χ3n) is 10.1. The molecule has 0 aliphatic heterocycles. The number of aliphatic hydroxyl groups excluding tert-OH is 4. The van der Waals surface area contributed by atoms with Crippen molar-refractivity contribution < 1.29 is 25.2 Å². The quantitative estimate of drug-likeness (QED) is 0.0321. The zero-order valence-corrected chi connectivity index (χ0v) is 33.6. The highest BCUT2D eigenvalue weighted by Crippen LogP contribution is 2.15. The molecule has 0 aliphatic rings. The Morgan fingerprint density at radius 2 is 0.882 bits per heavy atom. The molecule has 0 aromatic rings. The maximum absolute atomic E-state index is 12.4. The normalized spacial score (nSPS) is 14.5. The molecule has 4 atom stereocenters. The van der Waals surface area contributed by atoms with Crippen LogP contribution >= 0.6 is 0 Å². The first-order valence-electron chi connectivity index (χ1n) is 21.9. The van der Waals surface area contributed by atoms with Crippen molar-refractivity contribution in [1.82, 2.24) is 5.32 Å². The van der Waals surface area contributed by atoms with E-state index in [-0.39, 0.29) is 6.42 Å². The van der Waals surface area contributed by atoms with Crippen molar-refractivity contribution in [1.29, 1.82) is 0 Å². The Bertz CT molecular complexity index is 812. The number of nitrogens with one attached hydrogen (secondary N) is 1. The lowest BCUT2D eigenvalue weighted by molar-refractivity contribution is -0.132. The van der Waals surface area contributed by atoms with Crippen molar-refractivity contribution in [2.24, 2.45) is 0 Å². The number of hydrogen-bond donors (Lipinski definition) is 5. The molecule has 6 nitrogen and oxygen atoms in total. The first-order chi connectivity index (χ1) is 25.0. The van der Waals surface area contributed by atoms with E-state index >= 15 is 0 Å². The van der Waals surface area contributed by atoms with Crippen molar-refractivity contribution in [2.75, 3.05) is 6.61 Å². The Morgan fingerprint density at radius 1 is 0.510 bits per heavy atom. The molecule has 0 rings (SSSR count). The average Bonchev–Trinajstić information content (AvgIpc) is 3.13. The predicted molar refractivity (Wildman–Crippen MR) is 219 cm³/mol. The number of carbonyl (C=O) groups excluding carboxylic acids is 1. The molecule has 0 aliphatic carbocycles. The summed E-state index contributed by atoms with van der Waals surface area (Å²) < 4.78 is 0. The molecule has 5 N–H and O–H groups in total. The summed E-state index contributed by atoms with van der Waals surface area (Å²) in [6, 6.07) is -1.03. The molecular weight excluding hydrogens is 634 g/mol. The summed E-state index contributed by atoms with van der Waals surface area (Å²) in [6.07, 6.45) is 46.4. The average molecular weight is 720 g/mol. The lowest BCUT2D eigenvalue weighted by atomic mass is 10.0. The summed E-state index contributed by atoms with van der Waals surface area (Å²) in [5.41, 5.74) is 0. The van der Waals surface area contributed by atoms with Gasteiger partial charge < -0.3 is 25.7 Å². The second-order valence-corrected chi connectivity index (χ2v) is 15.0. The van der Waals surface area contributed by atoms with E-state index in [0.29, 0.717) is 12.8 Å². The maximum Gasteiger partial charge on any atom is 0.249 e. The van der Waals surface area contributed by atoms with Crippen molar-refractivity contribution in [3.05, 3.63) is 36.5 Å². The second kappa shape index (κ2) is 39.7. The van der Waals surface area contributed by atoms with Gasteiger partial charge in [-0.2, -0.15) is 0 Å². The van der Waals surface area contributed by atoms with E-state index < -0.39 is 36.9 Å². The molecule has 0 saturated heterocycles. The minimum Gasteiger partial charge on any atom is -0.394 e. The minimum absolute atomic E-state index is 0.153. The van der Waals surface area contributed by atoms with Gasteiger partial charge in [0.2, 0.25) is 5.91 Å². The van der Waals surface area contributed by atoms with Crippen LogP contribution in [0, 0.1) is 0 Å². The number of unbranched alkanes of at least 4 members (excludes halogenated alkanes) is 25. The van der Waals surface area contributed by atoms with Crippen molar-refractivity contribution in [2.45, 2.75) is 237 Å². The van der Waals surface area contributed by atoms with Crippen LogP contribution in [0.3, 0.4) is 0 Å². The molecule has 0 bridgehead atoms. The summed E-state index contributed by atoms with van der Waals surface area (Å²) in [6.45, 7) is 3.99. The van der Waals surface area contributed by atoms with Gasteiger partial charge in [0.05, 0.1) is 18.8 Å². The van der Waals surface area contributed by atoms with Crippen LogP contribution in [0.15, 0.2) is 36.5 Å². The van der Waals surface area contributed by atoms with Gasteiger partial charge in [0.15, 0.2) is 0 Å². The molecule has 0 radical (unpaired) electrons. The molecule has 300 valence electrons. The smallest absolute Gasteiger partial charge is 0.249 e. The fourth-order valence-electron chi connectivity index (χ4n) is 6.56. The molecule has 6 heteroatoms. The van der Waals surface area contributed by atoms with E-state index in [0.717, 1.165) is 25.7 Å². The monoisotopic (exact) mass is 720 g/mol. The van der Waals surface area contributed by atoms with Gasteiger partial charge in [-0.15, -0.1) is 0 Å². The van der Waals surface area contributed by atoms with Gasteiger partial charge in [-0.05, 0) is 51.4 Å². The standard InChI is InChI=1S/C45H85NO5/c1-3-5-7-9-11-13-15-17-18-19-20-21-22-23-24-25-26-27-29-30-32-34-36-38-42(48)44(50)41(40-47)46-45(51)43(49)39-37-35-33-31-28-16-14-12-10-8-6-4-2/h28,30-32,35,37,41-44,47-50H,3-27,29,33-34,36,38-40H2,1-2H3,(H,46,51)/b31-28-,32-30+,37-35-. The first kappa shape index (κ1) is 49.5. The lowest BCUT2D eigenvalue weighted by Gasteiger charge is -2.27. The number of allylic oxidation sites excluding steroid dienone is 5. The van der Waals surface area contributed by atoms with Crippen LogP contribution in [-0.2, 0) is 4.79 Å². The Labute approximate surface area is 316 Å². The van der Waals surface area contributed by atoms with E-state index in [1.54, 1.807) is 6.08 Å². The van der Waals surface area contributed by atoms with Crippen LogP contribution in [0.25, 0.3) is 0 Å². The molecular formula is C45H85NO5. The molecule has 0 heterocycles. The molecule has 0 fully saturated rings. The molecule has 0 saturated carbocycles. The van der Waals surface area contributed by atoms with E-state index in [2.05, 4.69) is 43.5 Å². The lowest BCUT2D eigenvalue weighted by Crippen LogP contribution is -2.52. The van der Waals surface area contributed by atoms with E-state index in [1.807, 2.05) is 6.08 Å². The largest absolute Gasteiger partial charge is 0.394 e. The van der Waals surface area contributed by atoms with Gasteiger partial charge >= 0.3 is 0 Å². The molecule has 0 spiro atoms. The van der Waals surface area contributed by atoms with E-state index in [4.69, 9.17) is 0 Å². The molecule has 0 aromatic carbocycles. The van der Waals surface area contributed by atoms with Crippen LogP contribution < -0.4 is 5.32 Å². The zero-order chi connectivity index (χ0) is 37.5. The maximum atomic E-state index is 12.4. The number of aliphatic hydroxyl groups is 4. The summed E-state index contributed by atoms with van der Waals surface area (Å²) in [5.74, 6) is -0.661. The van der Waals surface area contributed by atoms with Gasteiger partial charge in [-0.3, -0.25) is 4.79 Å². The highest BCUT2D eigenvalue weighted by Gasteiger charge is 2.28. The fourth-order valence-corrected chi connectivity index (χ4v) is 6.56. The molecule has 4 unspecified atom stereocenters. The van der Waals surface area contributed by atoms with E-state index in [1.165, 1.54) is 154 Å².